The van der Waals surface area contributed by atoms with Crippen LogP contribution in [0, 0.1) is 0 Å². The lowest BCUT2D eigenvalue weighted by atomic mass is 10.0. The fourth-order valence-electron chi connectivity index (χ4n) is 7.86. The molecule has 0 radical (unpaired) electrons. The van der Waals surface area contributed by atoms with Crippen LogP contribution in [0.1, 0.15) is 284 Å². The Labute approximate surface area is 397 Å². The van der Waals surface area contributed by atoms with E-state index >= 15 is 0 Å². The van der Waals surface area contributed by atoms with Gasteiger partial charge in [0.25, 0.3) is 0 Å². The van der Waals surface area contributed by atoms with Crippen molar-refractivity contribution in [3.63, 3.8) is 0 Å². The van der Waals surface area contributed by atoms with Crippen LogP contribution in [0.3, 0.4) is 0 Å². The number of unbranched alkanes of at least 4 members (excludes halogenated alkanes) is 31. The van der Waals surface area contributed by atoms with Gasteiger partial charge in [-0.25, -0.2) is 0 Å². The van der Waals surface area contributed by atoms with Crippen molar-refractivity contribution < 1.29 is 28.6 Å². The zero-order chi connectivity index (χ0) is 46.5. The molecule has 0 aromatic heterocycles. The zero-order valence-corrected chi connectivity index (χ0v) is 42.6. The summed E-state index contributed by atoms with van der Waals surface area (Å²) in [6.07, 6.45) is 63.8. The van der Waals surface area contributed by atoms with Gasteiger partial charge in [-0.3, -0.25) is 14.4 Å². The molecule has 0 amide bonds. The third kappa shape index (κ3) is 50.4. The molecule has 6 heteroatoms. The summed E-state index contributed by atoms with van der Waals surface area (Å²) in [5.74, 6) is -0.887. The first-order valence-electron chi connectivity index (χ1n) is 27.6. The van der Waals surface area contributed by atoms with Crippen molar-refractivity contribution in [2.75, 3.05) is 13.2 Å². The highest BCUT2D eigenvalue weighted by Crippen LogP contribution is 2.15. The highest BCUT2D eigenvalue weighted by Gasteiger charge is 2.19. The van der Waals surface area contributed by atoms with E-state index in [9.17, 15) is 14.4 Å². The van der Waals surface area contributed by atoms with Crippen LogP contribution in [-0.2, 0) is 28.6 Å². The second-order valence-corrected chi connectivity index (χ2v) is 18.5. The summed E-state index contributed by atoms with van der Waals surface area (Å²) in [6.45, 7) is 6.57. The van der Waals surface area contributed by atoms with Gasteiger partial charge in [-0.15, -0.1) is 0 Å². The maximum atomic E-state index is 12.8. The molecule has 0 bridgehead atoms. The maximum absolute atomic E-state index is 12.8. The molecule has 0 aliphatic carbocycles. The fraction of sp³-hybridized carbons (Fsp3) is 0.810. The summed E-state index contributed by atoms with van der Waals surface area (Å²) in [7, 11) is 0. The number of rotatable bonds is 50. The normalized spacial score (nSPS) is 12.4. The molecular formula is C58H104O6. The van der Waals surface area contributed by atoms with Gasteiger partial charge in [-0.2, -0.15) is 0 Å². The number of carbonyl (C=O) groups excluding carboxylic acids is 3. The first kappa shape index (κ1) is 61.4. The average molecular weight is 897 g/mol. The molecule has 0 N–H and O–H groups in total. The van der Waals surface area contributed by atoms with Gasteiger partial charge in [-0.05, 0) is 77.0 Å². The van der Waals surface area contributed by atoms with Gasteiger partial charge in [0.05, 0.1) is 0 Å². The first-order chi connectivity index (χ1) is 31.5. The predicted molar refractivity (Wildman–Crippen MR) is 275 cm³/mol. The second-order valence-electron chi connectivity index (χ2n) is 18.5. The van der Waals surface area contributed by atoms with Crippen LogP contribution in [-0.4, -0.2) is 37.2 Å². The van der Waals surface area contributed by atoms with E-state index in [0.29, 0.717) is 19.3 Å². The van der Waals surface area contributed by atoms with Gasteiger partial charge >= 0.3 is 17.9 Å². The highest BCUT2D eigenvalue weighted by molar-refractivity contribution is 5.71. The van der Waals surface area contributed by atoms with E-state index in [1.165, 1.54) is 148 Å². The predicted octanol–water partition coefficient (Wildman–Crippen LogP) is 18.3. The van der Waals surface area contributed by atoms with Gasteiger partial charge < -0.3 is 14.2 Å². The number of esters is 3. The van der Waals surface area contributed by atoms with Crippen LogP contribution < -0.4 is 0 Å². The summed E-state index contributed by atoms with van der Waals surface area (Å²) < 4.78 is 16.8. The Kier molecular flexibility index (Phi) is 50.8. The molecule has 0 saturated carbocycles. The number of ether oxygens (including phenoxy) is 3. The Morgan fingerprint density at radius 3 is 0.922 bits per heavy atom. The van der Waals surface area contributed by atoms with E-state index in [1.807, 2.05) is 0 Å². The third-order valence-electron chi connectivity index (χ3n) is 12.0. The molecule has 0 aromatic carbocycles. The minimum Gasteiger partial charge on any atom is -0.462 e. The van der Waals surface area contributed by atoms with Crippen LogP contribution in [0.4, 0.5) is 0 Å². The van der Waals surface area contributed by atoms with Gasteiger partial charge in [0.15, 0.2) is 6.10 Å². The van der Waals surface area contributed by atoms with Gasteiger partial charge in [0.1, 0.15) is 13.2 Å². The van der Waals surface area contributed by atoms with Crippen LogP contribution >= 0.6 is 0 Å². The summed E-state index contributed by atoms with van der Waals surface area (Å²) in [4.78, 5) is 38.0. The topological polar surface area (TPSA) is 78.9 Å². The quantitative estimate of drug-likeness (QED) is 0.0262. The van der Waals surface area contributed by atoms with Crippen molar-refractivity contribution in [1.29, 1.82) is 0 Å². The lowest BCUT2D eigenvalue weighted by Gasteiger charge is -2.18. The molecule has 372 valence electrons. The van der Waals surface area contributed by atoms with E-state index in [0.717, 1.165) is 96.3 Å². The number of allylic oxidation sites excluding steroid dienone is 8. The third-order valence-corrected chi connectivity index (χ3v) is 12.0. The van der Waals surface area contributed by atoms with E-state index in [2.05, 4.69) is 69.4 Å². The average Bonchev–Trinajstić information content (AvgIpc) is 3.29. The highest BCUT2D eigenvalue weighted by atomic mass is 16.6. The maximum Gasteiger partial charge on any atom is 0.306 e. The van der Waals surface area contributed by atoms with Gasteiger partial charge in [0, 0.05) is 19.3 Å². The van der Waals surface area contributed by atoms with E-state index in [-0.39, 0.29) is 31.1 Å². The Hall–Kier alpha value is -2.63. The molecule has 0 fully saturated rings. The molecule has 64 heavy (non-hydrogen) atoms. The molecule has 1 unspecified atom stereocenters. The minimum absolute atomic E-state index is 0.0777. The molecule has 1 atom stereocenters. The second kappa shape index (κ2) is 53.0. The van der Waals surface area contributed by atoms with Gasteiger partial charge in [0.2, 0.25) is 0 Å². The Morgan fingerprint density at radius 1 is 0.312 bits per heavy atom. The van der Waals surface area contributed by atoms with Crippen molar-refractivity contribution in [2.45, 2.75) is 290 Å². The smallest absolute Gasteiger partial charge is 0.306 e. The fourth-order valence-corrected chi connectivity index (χ4v) is 7.86. The van der Waals surface area contributed by atoms with E-state index in [1.54, 1.807) is 0 Å². The number of hydrogen-bond acceptors (Lipinski definition) is 6. The van der Waals surface area contributed by atoms with Crippen LogP contribution in [0.25, 0.3) is 0 Å². The van der Waals surface area contributed by atoms with Crippen molar-refractivity contribution in [3.05, 3.63) is 48.6 Å². The lowest BCUT2D eigenvalue weighted by molar-refractivity contribution is -0.167. The molecular weight excluding hydrogens is 793 g/mol. The number of hydrogen-bond donors (Lipinski definition) is 0. The first-order valence-corrected chi connectivity index (χ1v) is 27.6. The largest absolute Gasteiger partial charge is 0.462 e. The lowest BCUT2D eigenvalue weighted by Crippen LogP contribution is -2.30. The SMILES string of the molecule is CCC/C=C\C/C=C\CCCCCCCC(=O)OC(COC(=O)CCCCCCCCCCC/C=C\C/C=C\CCCCCCC)COC(=O)CCCCCCCCCCCCCC. The molecule has 6 nitrogen and oxygen atoms in total. The van der Waals surface area contributed by atoms with Crippen molar-refractivity contribution in [3.8, 4) is 0 Å². The van der Waals surface area contributed by atoms with Crippen molar-refractivity contribution >= 4 is 17.9 Å². The van der Waals surface area contributed by atoms with Crippen LogP contribution in [0.15, 0.2) is 48.6 Å². The molecule has 0 aliphatic rings. The van der Waals surface area contributed by atoms with E-state index < -0.39 is 6.10 Å². The summed E-state index contributed by atoms with van der Waals surface area (Å²) >= 11 is 0. The molecule has 0 aromatic rings. The van der Waals surface area contributed by atoms with Crippen LogP contribution in [0.5, 0.6) is 0 Å². The molecule has 0 heterocycles. The van der Waals surface area contributed by atoms with E-state index in [4.69, 9.17) is 14.2 Å². The molecule has 0 rings (SSSR count). The Morgan fingerprint density at radius 2 is 0.594 bits per heavy atom. The summed E-state index contributed by atoms with van der Waals surface area (Å²) in [6, 6.07) is 0. The van der Waals surface area contributed by atoms with Crippen molar-refractivity contribution in [1.82, 2.24) is 0 Å². The molecule has 0 aliphatic heterocycles. The minimum atomic E-state index is -0.779. The Balaban J connectivity index is 4.31. The van der Waals surface area contributed by atoms with Crippen molar-refractivity contribution in [2.24, 2.45) is 0 Å². The summed E-state index contributed by atoms with van der Waals surface area (Å²) in [5.41, 5.74) is 0. The zero-order valence-electron chi connectivity index (χ0n) is 42.6. The standard InChI is InChI=1S/C58H104O6/c1-4-7-10-13-16-19-22-25-26-27-28-29-30-31-32-34-36-39-42-45-48-51-57(60)63-54-55(53-62-56(59)50-47-44-41-38-35-24-21-18-15-12-9-6-3)64-58(61)52-49-46-43-40-37-33-23-20-17-14-11-8-5-2/h11,14,20,22-23,25,27-28,55H,4-10,12-13,15-19,21,24,26,29-54H2,1-3H3/b14-11-,23-20-,25-22-,28-27-. The number of carbonyl (C=O) groups is 3. The van der Waals surface area contributed by atoms with Gasteiger partial charge in [-0.1, -0.05) is 236 Å². The Bertz CT molecular complexity index is 1120. The monoisotopic (exact) mass is 897 g/mol. The molecule has 0 spiro atoms. The summed E-state index contributed by atoms with van der Waals surface area (Å²) in [5, 5.41) is 0. The van der Waals surface area contributed by atoms with Crippen LogP contribution in [0.2, 0.25) is 0 Å². The molecule has 0 saturated heterocycles.